The Kier molecular flexibility index (Phi) is 3.56. The Morgan fingerprint density at radius 1 is 1.00 bits per heavy atom. The van der Waals surface area contributed by atoms with Crippen LogP contribution < -0.4 is 4.90 Å². The minimum absolute atomic E-state index is 0.0929. The quantitative estimate of drug-likeness (QED) is 0.784. The Morgan fingerprint density at radius 2 is 1.59 bits per heavy atom. The highest BCUT2D eigenvalue weighted by atomic mass is 16.5. The molecule has 2 amide bonds. The average molecular weight is 365 g/mol. The van der Waals surface area contributed by atoms with Crippen molar-refractivity contribution in [2.24, 2.45) is 11.8 Å². The Hall–Kier alpha value is -2.47. The maximum Gasteiger partial charge on any atom is 0.240 e. The molecular formula is C21H23N3O3. The summed E-state index contributed by atoms with van der Waals surface area (Å²) in [6, 6.07) is 8.31. The number of nitrogens with zero attached hydrogens (tertiary/aromatic N) is 3. The number of anilines is 1. The van der Waals surface area contributed by atoms with Crippen molar-refractivity contribution in [2.45, 2.75) is 52.4 Å². The van der Waals surface area contributed by atoms with Crippen molar-refractivity contribution < 1.29 is 14.3 Å². The predicted octanol–water partition coefficient (Wildman–Crippen LogP) is 2.52. The van der Waals surface area contributed by atoms with E-state index < -0.39 is 0 Å². The molecule has 3 aliphatic rings. The summed E-state index contributed by atoms with van der Waals surface area (Å²) in [6.07, 6.45) is 1.57. The molecule has 6 heteroatoms. The van der Waals surface area contributed by atoms with Gasteiger partial charge in [-0.3, -0.25) is 14.3 Å². The second kappa shape index (κ2) is 5.76. The van der Waals surface area contributed by atoms with Gasteiger partial charge in [0.15, 0.2) is 0 Å². The van der Waals surface area contributed by atoms with Crippen LogP contribution in [0.25, 0.3) is 0 Å². The average Bonchev–Trinajstić information content (AvgIpc) is 3.37. The van der Waals surface area contributed by atoms with E-state index in [0.717, 1.165) is 29.8 Å². The molecule has 140 valence electrons. The van der Waals surface area contributed by atoms with E-state index in [1.54, 1.807) is 0 Å². The van der Waals surface area contributed by atoms with E-state index in [-0.39, 0.29) is 35.9 Å². The lowest BCUT2D eigenvalue weighted by atomic mass is 9.81. The first-order valence-corrected chi connectivity index (χ1v) is 9.58. The van der Waals surface area contributed by atoms with Crippen LogP contribution in [0.3, 0.4) is 0 Å². The van der Waals surface area contributed by atoms with Crippen LogP contribution in [0.2, 0.25) is 0 Å². The molecule has 0 N–H and O–H groups in total. The van der Waals surface area contributed by atoms with Gasteiger partial charge in [-0.05, 0) is 39.2 Å². The first-order chi connectivity index (χ1) is 13.0. The summed E-state index contributed by atoms with van der Waals surface area (Å²) >= 11 is 0. The number of imide groups is 1. The van der Waals surface area contributed by atoms with Crippen molar-refractivity contribution in [1.82, 2.24) is 9.78 Å². The lowest BCUT2D eigenvalue weighted by Crippen LogP contribution is -2.35. The summed E-state index contributed by atoms with van der Waals surface area (Å²) < 4.78 is 7.71. The molecule has 5 rings (SSSR count). The van der Waals surface area contributed by atoms with E-state index in [2.05, 4.69) is 36.3 Å². The third kappa shape index (κ3) is 2.32. The molecular weight excluding hydrogens is 342 g/mol. The smallest absolute Gasteiger partial charge is 0.240 e. The summed E-state index contributed by atoms with van der Waals surface area (Å²) in [4.78, 5) is 27.6. The molecule has 4 heterocycles. The highest BCUT2D eigenvalue weighted by Gasteiger charge is 2.63. The Morgan fingerprint density at radius 3 is 2.19 bits per heavy atom. The predicted molar refractivity (Wildman–Crippen MR) is 99.4 cm³/mol. The van der Waals surface area contributed by atoms with Gasteiger partial charge in [0.1, 0.15) is 0 Å². The fourth-order valence-electron chi connectivity index (χ4n) is 4.96. The summed E-state index contributed by atoms with van der Waals surface area (Å²) in [6.45, 7) is 6.48. The minimum atomic E-state index is -0.310. The number of aromatic nitrogens is 2. The first-order valence-electron chi connectivity index (χ1n) is 9.58. The molecule has 4 atom stereocenters. The molecule has 0 unspecified atom stereocenters. The van der Waals surface area contributed by atoms with Crippen molar-refractivity contribution in [1.29, 1.82) is 0 Å². The number of carbonyl (C=O) groups excluding carboxylic acids is 2. The topological polar surface area (TPSA) is 64.4 Å². The van der Waals surface area contributed by atoms with Crippen LogP contribution in [0.15, 0.2) is 24.3 Å². The monoisotopic (exact) mass is 365 g/mol. The summed E-state index contributed by atoms with van der Waals surface area (Å²) in [7, 11) is 0. The van der Waals surface area contributed by atoms with Crippen LogP contribution in [-0.4, -0.2) is 33.8 Å². The number of rotatable bonds is 3. The molecule has 2 bridgehead atoms. The van der Waals surface area contributed by atoms with Crippen molar-refractivity contribution in [3.05, 3.63) is 46.8 Å². The molecule has 1 aromatic heterocycles. The molecule has 3 aliphatic heterocycles. The highest BCUT2D eigenvalue weighted by molar-refractivity contribution is 6.23. The minimum Gasteiger partial charge on any atom is -0.373 e. The third-order valence-electron chi connectivity index (χ3n) is 6.30. The van der Waals surface area contributed by atoms with E-state index in [4.69, 9.17) is 4.74 Å². The number of hydrogen-bond acceptors (Lipinski definition) is 4. The zero-order valence-electron chi connectivity index (χ0n) is 15.8. The van der Waals surface area contributed by atoms with Gasteiger partial charge in [-0.1, -0.05) is 29.8 Å². The Bertz CT molecular complexity index is 918. The molecule has 2 aromatic rings. The van der Waals surface area contributed by atoms with Gasteiger partial charge in [0.25, 0.3) is 0 Å². The van der Waals surface area contributed by atoms with Crippen LogP contribution in [0.5, 0.6) is 0 Å². The van der Waals surface area contributed by atoms with E-state index in [1.165, 1.54) is 10.5 Å². The number of benzene rings is 1. The van der Waals surface area contributed by atoms with Gasteiger partial charge >= 0.3 is 0 Å². The summed E-state index contributed by atoms with van der Waals surface area (Å²) in [5.41, 5.74) is 4.58. The third-order valence-corrected chi connectivity index (χ3v) is 6.30. The van der Waals surface area contributed by atoms with Gasteiger partial charge in [-0.25, -0.2) is 4.90 Å². The molecule has 1 aromatic carbocycles. The fourth-order valence-corrected chi connectivity index (χ4v) is 4.96. The summed E-state index contributed by atoms with van der Waals surface area (Å²) in [5.74, 6) is -0.845. The normalized spacial score (nSPS) is 29.1. The molecule has 27 heavy (non-hydrogen) atoms. The molecule has 0 spiro atoms. The lowest BCUT2D eigenvalue weighted by molar-refractivity contribution is -0.124. The lowest BCUT2D eigenvalue weighted by Gasteiger charge is -2.18. The number of amides is 2. The van der Waals surface area contributed by atoms with Crippen LogP contribution in [0.1, 0.15) is 35.4 Å². The number of carbonyl (C=O) groups is 2. The molecule has 0 saturated carbocycles. The maximum atomic E-state index is 13.1. The van der Waals surface area contributed by atoms with Crippen LogP contribution >= 0.6 is 0 Å². The fraction of sp³-hybridized carbons (Fsp3) is 0.476. The maximum absolute atomic E-state index is 13.1. The number of hydrogen-bond donors (Lipinski definition) is 0. The van der Waals surface area contributed by atoms with Gasteiger partial charge in [0, 0.05) is 0 Å². The Balaban J connectivity index is 1.49. The van der Waals surface area contributed by atoms with Crippen molar-refractivity contribution in [3.8, 4) is 0 Å². The largest absolute Gasteiger partial charge is 0.373 e. The molecule has 0 radical (unpaired) electrons. The van der Waals surface area contributed by atoms with Crippen molar-refractivity contribution in [3.63, 3.8) is 0 Å². The molecule has 3 saturated heterocycles. The van der Waals surface area contributed by atoms with Gasteiger partial charge in [0.2, 0.25) is 11.8 Å². The second-order valence-corrected chi connectivity index (χ2v) is 8.02. The van der Waals surface area contributed by atoms with Crippen molar-refractivity contribution in [2.75, 3.05) is 4.90 Å². The molecule has 0 aliphatic carbocycles. The van der Waals surface area contributed by atoms with Crippen LogP contribution in [0.4, 0.5) is 5.69 Å². The summed E-state index contributed by atoms with van der Waals surface area (Å²) in [5, 5.41) is 4.63. The van der Waals surface area contributed by atoms with E-state index >= 15 is 0 Å². The van der Waals surface area contributed by atoms with E-state index in [9.17, 15) is 9.59 Å². The van der Waals surface area contributed by atoms with Gasteiger partial charge in [-0.2, -0.15) is 5.10 Å². The van der Waals surface area contributed by atoms with E-state index in [1.807, 2.05) is 18.5 Å². The van der Waals surface area contributed by atoms with Gasteiger partial charge < -0.3 is 4.74 Å². The van der Waals surface area contributed by atoms with Crippen molar-refractivity contribution >= 4 is 17.5 Å². The van der Waals surface area contributed by atoms with Crippen LogP contribution in [0, 0.1) is 32.6 Å². The van der Waals surface area contributed by atoms with Gasteiger partial charge in [-0.15, -0.1) is 0 Å². The first kappa shape index (κ1) is 16.7. The molecule has 6 nitrogen and oxygen atoms in total. The van der Waals surface area contributed by atoms with Gasteiger partial charge in [0.05, 0.1) is 47.7 Å². The zero-order chi connectivity index (χ0) is 18.9. The Labute approximate surface area is 158 Å². The molecule has 3 fully saturated rings. The standard InChI is InChI=1S/C21H23N3O3/c1-11-4-6-14(7-5-11)10-23-13(3)19(12(2)22-23)24-20(25)17-15-8-9-16(27-15)18(17)21(24)26/h4-7,15-18H,8-10H2,1-3H3/t15-,16-,17+,18+/m1/s1. The SMILES string of the molecule is Cc1ccc(Cn2nc(C)c(N3C(=O)[C@@H]4[C@@H](C3=O)[C@H]3CC[C@H]4O3)c2C)cc1. The number of ether oxygens (including phenoxy) is 1. The van der Waals surface area contributed by atoms with E-state index in [0.29, 0.717) is 12.2 Å². The highest BCUT2D eigenvalue weighted by Crippen LogP contribution is 2.50. The van der Waals surface area contributed by atoms with Crippen LogP contribution in [-0.2, 0) is 20.9 Å². The number of aryl methyl sites for hydroxylation is 2. The zero-order valence-corrected chi connectivity index (χ0v) is 15.8. The second-order valence-electron chi connectivity index (χ2n) is 8.02. The number of fused-ring (bicyclic) bond motifs is 5.